The number of rotatable bonds is 7. The maximum Gasteiger partial charge on any atom is 0.313 e. The average molecular weight is 405 g/mol. The van der Waals surface area contributed by atoms with Crippen molar-refractivity contribution in [3.8, 4) is 5.75 Å². The number of fused-ring (bicyclic) bond motifs is 1. The number of esters is 1. The van der Waals surface area contributed by atoms with Crippen LogP contribution < -0.4 is 10.1 Å². The fraction of sp³-hybridized carbons (Fsp3) is 0.360. The highest BCUT2D eigenvalue weighted by Crippen LogP contribution is 2.52. The predicted molar refractivity (Wildman–Crippen MR) is 114 cm³/mol. The lowest BCUT2D eigenvalue weighted by molar-refractivity contribution is -0.146. The third-order valence-corrected chi connectivity index (χ3v) is 6.30. The second-order valence-electron chi connectivity index (χ2n) is 8.31. The summed E-state index contributed by atoms with van der Waals surface area (Å²) in [5, 5.41) is 2.96. The van der Waals surface area contributed by atoms with E-state index in [-0.39, 0.29) is 17.8 Å². The molecule has 2 aliphatic rings. The second-order valence-corrected chi connectivity index (χ2v) is 8.31. The van der Waals surface area contributed by atoms with Gasteiger partial charge in [-0.3, -0.25) is 9.59 Å². The van der Waals surface area contributed by atoms with Crippen LogP contribution in [0.1, 0.15) is 34.3 Å². The number of carbonyl (C=O) groups is 2. The number of hydrogen-bond acceptors (Lipinski definition) is 4. The fourth-order valence-electron chi connectivity index (χ4n) is 4.62. The molecule has 5 heteroatoms. The Labute approximate surface area is 177 Å². The monoisotopic (exact) mass is 405 g/mol. The number of benzene rings is 2. The molecule has 1 heterocycles. The third kappa shape index (κ3) is 3.97. The topological polar surface area (TPSA) is 64.6 Å². The summed E-state index contributed by atoms with van der Waals surface area (Å²) in [5.41, 5.74) is 3.46. The van der Waals surface area contributed by atoms with E-state index in [9.17, 15) is 9.59 Å². The van der Waals surface area contributed by atoms with Crippen molar-refractivity contribution in [3.05, 3.63) is 77.4 Å². The Bertz CT molecular complexity index is 948. The van der Waals surface area contributed by atoms with E-state index in [0.29, 0.717) is 31.6 Å². The summed E-state index contributed by atoms with van der Waals surface area (Å²) in [4.78, 5) is 24.9. The first kappa shape index (κ1) is 20.2. The van der Waals surface area contributed by atoms with Crippen LogP contribution in [0.15, 0.2) is 60.7 Å². The molecule has 2 aromatic carbocycles. The van der Waals surface area contributed by atoms with Crippen molar-refractivity contribution in [2.24, 2.45) is 11.3 Å². The Hall–Kier alpha value is -3.08. The quantitative estimate of drug-likeness (QED) is 0.563. The number of hydrogen-bond donors (Lipinski definition) is 1. The molecule has 30 heavy (non-hydrogen) atoms. The van der Waals surface area contributed by atoms with Gasteiger partial charge in [-0.2, -0.15) is 0 Å². The minimum absolute atomic E-state index is 0.0966. The molecule has 1 N–H and O–H groups in total. The predicted octanol–water partition coefficient (Wildman–Crippen LogP) is 3.72. The smallest absolute Gasteiger partial charge is 0.313 e. The molecule has 0 bridgehead atoms. The number of ether oxygens (including phenoxy) is 2. The van der Waals surface area contributed by atoms with Crippen LogP contribution in [-0.2, 0) is 22.4 Å². The van der Waals surface area contributed by atoms with Gasteiger partial charge in [0.2, 0.25) is 0 Å². The Morgan fingerprint density at radius 1 is 1.17 bits per heavy atom. The number of nitrogens with one attached hydrogen (secondary N) is 1. The van der Waals surface area contributed by atoms with E-state index >= 15 is 0 Å². The molecule has 2 aromatic rings. The van der Waals surface area contributed by atoms with Crippen molar-refractivity contribution in [1.29, 1.82) is 0 Å². The molecule has 156 valence electrons. The first-order chi connectivity index (χ1) is 14.5. The molecule has 1 unspecified atom stereocenters. The number of methoxy groups -OCH3 is 1. The van der Waals surface area contributed by atoms with Crippen LogP contribution >= 0.6 is 0 Å². The van der Waals surface area contributed by atoms with Crippen LogP contribution in [-0.4, -0.2) is 32.1 Å². The van der Waals surface area contributed by atoms with E-state index in [1.165, 1.54) is 0 Å². The van der Waals surface area contributed by atoms with Crippen LogP contribution in [0.2, 0.25) is 0 Å². The summed E-state index contributed by atoms with van der Waals surface area (Å²) < 4.78 is 10.5. The number of amides is 1. The van der Waals surface area contributed by atoms with Gasteiger partial charge in [-0.25, -0.2) is 0 Å². The Morgan fingerprint density at radius 2 is 1.87 bits per heavy atom. The third-order valence-electron chi connectivity index (χ3n) is 6.30. The van der Waals surface area contributed by atoms with Crippen molar-refractivity contribution in [2.75, 3.05) is 20.3 Å². The maximum absolute atomic E-state index is 12.5. The van der Waals surface area contributed by atoms with Crippen LogP contribution in [0.3, 0.4) is 0 Å². The van der Waals surface area contributed by atoms with Gasteiger partial charge >= 0.3 is 5.97 Å². The highest BCUT2D eigenvalue weighted by Gasteiger charge is 2.55. The number of carbonyl (C=O) groups excluding carboxylic acids is 2. The Balaban J connectivity index is 1.33. The molecule has 1 saturated carbocycles. The SMILES string of the molecule is C=C1C[C@@H]2COC(=O)C2(Cc2ccc(C(=O)NCCc3ccc(OC)cc3)cc2)C1. The standard InChI is InChI=1S/C25H27NO4/c1-17-13-21-16-30-24(28)25(21,14-17)15-19-3-7-20(8-4-19)23(27)26-12-11-18-5-9-22(29-2)10-6-18/h3-10,21H,1,11-16H2,2H3,(H,26,27)/t21-,25?/m1/s1. The van der Waals surface area contributed by atoms with Crippen molar-refractivity contribution in [2.45, 2.75) is 25.7 Å². The minimum Gasteiger partial charge on any atom is -0.497 e. The zero-order chi connectivity index (χ0) is 21.1. The van der Waals surface area contributed by atoms with Gasteiger partial charge in [-0.15, -0.1) is 0 Å². The number of allylic oxidation sites excluding steroid dienone is 1. The van der Waals surface area contributed by atoms with Gasteiger partial charge in [-0.05, 0) is 61.1 Å². The van der Waals surface area contributed by atoms with Crippen LogP contribution in [0, 0.1) is 11.3 Å². The molecule has 1 aliphatic carbocycles. The molecule has 5 nitrogen and oxygen atoms in total. The average Bonchev–Trinajstić information content (AvgIpc) is 3.22. The highest BCUT2D eigenvalue weighted by molar-refractivity contribution is 5.94. The highest BCUT2D eigenvalue weighted by atomic mass is 16.5. The molecule has 2 atom stereocenters. The van der Waals surface area contributed by atoms with E-state index in [2.05, 4.69) is 11.9 Å². The second kappa shape index (κ2) is 8.34. The first-order valence-corrected chi connectivity index (χ1v) is 10.3. The molecule has 0 radical (unpaired) electrons. The van der Waals surface area contributed by atoms with Gasteiger partial charge in [0.25, 0.3) is 5.91 Å². The van der Waals surface area contributed by atoms with Crippen molar-refractivity contribution in [1.82, 2.24) is 5.32 Å². The molecule has 1 saturated heterocycles. The van der Waals surface area contributed by atoms with E-state index in [4.69, 9.17) is 9.47 Å². The summed E-state index contributed by atoms with van der Waals surface area (Å²) >= 11 is 0. The van der Waals surface area contributed by atoms with E-state index in [1.54, 1.807) is 7.11 Å². The largest absolute Gasteiger partial charge is 0.497 e. The lowest BCUT2D eigenvalue weighted by atomic mass is 9.75. The van der Waals surface area contributed by atoms with Crippen LogP contribution in [0.5, 0.6) is 5.75 Å². The van der Waals surface area contributed by atoms with Gasteiger partial charge in [-0.1, -0.05) is 36.4 Å². The van der Waals surface area contributed by atoms with Gasteiger partial charge in [0.05, 0.1) is 19.1 Å². The van der Waals surface area contributed by atoms with E-state index in [1.807, 2.05) is 48.5 Å². The lowest BCUT2D eigenvalue weighted by Gasteiger charge is -2.24. The van der Waals surface area contributed by atoms with Crippen LogP contribution in [0.25, 0.3) is 0 Å². The molecule has 1 amide bonds. The summed E-state index contributed by atoms with van der Waals surface area (Å²) in [6.45, 7) is 5.14. The Morgan fingerprint density at radius 3 is 2.57 bits per heavy atom. The molecule has 0 aromatic heterocycles. The molecule has 2 fully saturated rings. The first-order valence-electron chi connectivity index (χ1n) is 10.3. The Kier molecular flexibility index (Phi) is 5.62. The van der Waals surface area contributed by atoms with Gasteiger partial charge in [0, 0.05) is 18.0 Å². The van der Waals surface area contributed by atoms with Gasteiger partial charge in [0.15, 0.2) is 0 Å². The van der Waals surface area contributed by atoms with E-state index < -0.39 is 5.41 Å². The van der Waals surface area contributed by atoms with Crippen molar-refractivity contribution in [3.63, 3.8) is 0 Å². The van der Waals surface area contributed by atoms with Crippen molar-refractivity contribution < 1.29 is 19.1 Å². The summed E-state index contributed by atoms with van der Waals surface area (Å²) in [6.07, 6.45) is 2.95. The normalized spacial score (nSPS) is 22.5. The summed E-state index contributed by atoms with van der Waals surface area (Å²) in [7, 11) is 1.64. The van der Waals surface area contributed by atoms with Crippen LogP contribution in [0.4, 0.5) is 0 Å². The fourth-order valence-corrected chi connectivity index (χ4v) is 4.62. The van der Waals surface area contributed by atoms with Gasteiger partial charge < -0.3 is 14.8 Å². The molecule has 1 aliphatic heterocycles. The summed E-state index contributed by atoms with van der Waals surface area (Å²) in [5.74, 6) is 0.840. The van der Waals surface area contributed by atoms with Gasteiger partial charge in [0.1, 0.15) is 5.75 Å². The minimum atomic E-state index is -0.473. The molecule has 0 spiro atoms. The molecule has 4 rings (SSSR count). The zero-order valence-electron chi connectivity index (χ0n) is 17.3. The van der Waals surface area contributed by atoms with Crippen molar-refractivity contribution >= 4 is 11.9 Å². The van der Waals surface area contributed by atoms with E-state index in [0.717, 1.165) is 35.3 Å². The summed E-state index contributed by atoms with van der Waals surface area (Å²) in [6, 6.07) is 15.4. The molecular weight excluding hydrogens is 378 g/mol. The lowest BCUT2D eigenvalue weighted by Crippen LogP contribution is -2.31. The number of cyclic esters (lactones) is 1. The molecular formula is C25H27NO4. The zero-order valence-corrected chi connectivity index (χ0v) is 17.3. The maximum atomic E-state index is 12.5.